The highest BCUT2D eigenvalue weighted by molar-refractivity contribution is 8.16. The summed E-state index contributed by atoms with van der Waals surface area (Å²) in [5.74, 6) is 0.416. The van der Waals surface area contributed by atoms with Gasteiger partial charge in [-0.1, -0.05) is 36.4 Å². The molecule has 1 atom stereocenters. The molecule has 2 N–H and O–H groups in total. The highest BCUT2D eigenvalue weighted by Crippen LogP contribution is 2.40. The van der Waals surface area contributed by atoms with Crippen LogP contribution in [0.15, 0.2) is 59.5 Å². The summed E-state index contributed by atoms with van der Waals surface area (Å²) in [5, 5.41) is 18.8. The number of hydrogen-bond donors (Lipinski definition) is 2. The van der Waals surface area contributed by atoms with Gasteiger partial charge in [0, 0.05) is 22.6 Å². The Morgan fingerprint density at radius 2 is 1.80 bits per heavy atom. The highest BCUT2D eigenvalue weighted by Gasteiger charge is 2.29. The summed E-state index contributed by atoms with van der Waals surface area (Å²) in [4.78, 5) is 15.5. The Balaban J connectivity index is 1.76. The van der Waals surface area contributed by atoms with Crippen molar-refractivity contribution in [1.82, 2.24) is 4.98 Å². The number of benzene rings is 2. The molecule has 1 heterocycles. The highest BCUT2D eigenvalue weighted by atomic mass is 32.2. The number of halogens is 3. The fraction of sp³-hybridized carbons (Fsp3) is 0.280. The molecule has 2 aromatic carbocycles. The van der Waals surface area contributed by atoms with E-state index in [0.717, 1.165) is 22.3 Å². The number of aliphatic carboxylic acids is 1. The minimum Gasteiger partial charge on any atom is -0.481 e. The number of carbonyl (C=O) groups is 1. The van der Waals surface area contributed by atoms with Gasteiger partial charge >= 0.3 is 11.5 Å². The zero-order valence-electron chi connectivity index (χ0n) is 18.6. The lowest BCUT2D eigenvalue weighted by Gasteiger charge is -2.17. The summed E-state index contributed by atoms with van der Waals surface area (Å²) < 4.78 is 38.1. The van der Waals surface area contributed by atoms with Gasteiger partial charge in [-0.25, -0.2) is 4.98 Å². The number of aliphatic hydroxyl groups is 1. The minimum absolute atomic E-state index is 0.0394. The van der Waals surface area contributed by atoms with Crippen LogP contribution in [0.2, 0.25) is 0 Å². The van der Waals surface area contributed by atoms with Crippen LogP contribution in [0, 0.1) is 0 Å². The largest absolute Gasteiger partial charge is 0.481 e. The van der Waals surface area contributed by atoms with Gasteiger partial charge in [0.1, 0.15) is 0 Å². The van der Waals surface area contributed by atoms with E-state index in [1.807, 2.05) is 48.6 Å². The molecule has 3 aromatic rings. The maximum atomic E-state index is 12.7. The Morgan fingerprint density at radius 1 is 1.03 bits per heavy atom. The van der Waals surface area contributed by atoms with E-state index in [9.17, 15) is 18.0 Å². The average molecular weight is 540 g/mol. The molecular weight excluding hydrogens is 515 g/mol. The molecule has 3 rings (SSSR count). The normalized spacial score (nSPS) is 12.9. The van der Waals surface area contributed by atoms with Crippen molar-refractivity contribution in [1.29, 1.82) is 0 Å². The van der Waals surface area contributed by atoms with Crippen LogP contribution < -0.4 is 0 Å². The van der Waals surface area contributed by atoms with Crippen LogP contribution in [0.4, 0.5) is 13.2 Å². The first-order chi connectivity index (χ1) is 16.7. The summed E-state index contributed by atoms with van der Waals surface area (Å²) in [6.45, 7) is 0.109. The van der Waals surface area contributed by atoms with E-state index in [4.69, 9.17) is 10.2 Å². The van der Waals surface area contributed by atoms with Crippen LogP contribution in [0.25, 0.3) is 23.1 Å². The Morgan fingerprint density at radius 3 is 2.54 bits per heavy atom. The number of carboxylic acids is 1. The molecule has 10 heteroatoms. The smallest absolute Gasteiger partial charge is 0.446 e. The zero-order valence-corrected chi connectivity index (χ0v) is 21.0. The first kappa shape index (κ1) is 27.4. The quantitative estimate of drug-likeness (QED) is 0.142. The second kappa shape index (κ2) is 13.2. The lowest BCUT2D eigenvalue weighted by molar-refractivity contribution is -0.136. The van der Waals surface area contributed by atoms with Crippen molar-refractivity contribution in [3.8, 4) is 0 Å². The molecule has 0 amide bonds. The van der Waals surface area contributed by atoms with Crippen LogP contribution in [0.3, 0.4) is 0 Å². The summed E-state index contributed by atoms with van der Waals surface area (Å²) in [6, 6.07) is 16.0. The molecule has 4 nitrogen and oxygen atoms in total. The van der Waals surface area contributed by atoms with Gasteiger partial charge in [0.25, 0.3) is 0 Å². The Labute approximate surface area is 214 Å². The molecule has 0 saturated carbocycles. The average Bonchev–Trinajstić information content (AvgIpc) is 2.80. The van der Waals surface area contributed by atoms with Gasteiger partial charge in [-0.2, -0.15) is 13.2 Å². The molecule has 0 fully saturated rings. The lowest BCUT2D eigenvalue weighted by Crippen LogP contribution is -1.99. The molecule has 0 radical (unpaired) electrons. The van der Waals surface area contributed by atoms with Crippen LogP contribution in [0.5, 0.6) is 0 Å². The van der Waals surface area contributed by atoms with E-state index in [2.05, 4.69) is 4.98 Å². The standard InChI is InChI=1S/C25H24F3NO3S3/c26-25(27,28)35-21-10-7-18-6-9-20(29-22(18)16-21)8-5-17-3-1-4-19(15-17)24(33-13-2-12-30)34-14-11-23(31)32/h1,3-10,15-16,24,30H,2,11-14H2,(H,31,32)/b8-5+. The van der Waals surface area contributed by atoms with Crippen molar-refractivity contribution in [2.45, 2.75) is 27.8 Å². The van der Waals surface area contributed by atoms with Crippen molar-refractivity contribution in [3.05, 3.63) is 71.4 Å². The maximum absolute atomic E-state index is 12.7. The van der Waals surface area contributed by atoms with E-state index >= 15 is 0 Å². The predicted octanol–water partition coefficient (Wildman–Crippen LogP) is 7.34. The molecule has 0 aliphatic heterocycles. The summed E-state index contributed by atoms with van der Waals surface area (Å²) >= 11 is 3.08. The van der Waals surface area contributed by atoms with Crippen LogP contribution in [0.1, 0.15) is 34.2 Å². The molecule has 186 valence electrons. The van der Waals surface area contributed by atoms with Gasteiger partial charge in [0.15, 0.2) is 0 Å². The van der Waals surface area contributed by atoms with Gasteiger partial charge in [-0.05, 0) is 65.4 Å². The number of aromatic nitrogens is 1. The first-order valence-electron chi connectivity index (χ1n) is 10.7. The summed E-state index contributed by atoms with van der Waals surface area (Å²) in [5.41, 5.74) is -1.26. The van der Waals surface area contributed by atoms with Crippen molar-refractivity contribution in [3.63, 3.8) is 0 Å². The Bertz CT molecular complexity index is 1170. The number of carboxylic acid groups (broad SMARTS) is 1. The third kappa shape index (κ3) is 9.44. The van der Waals surface area contributed by atoms with Gasteiger partial charge in [-0.3, -0.25) is 4.79 Å². The van der Waals surface area contributed by atoms with E-state index in [1.54, 1.807) is 29.6 Å². The van der Waals surface area contributed by atoms with E-state index in [-0.39, 0.29) is 34.3 Å². The molecule has 1 unspecified atom stereocenters. The maximum Gasteiger partial charge on any atom is 0.446 e. The molecule has 0 spiro atoms. The number of fused-ring (bicyclic) bond motifs is 1. The van der Waals surface area contributed by atoms with Gasteiger partial charge < -0.3 is 10.2 Å². The van der Waals surface area contributed by atoms with E-state index < -0.39 is 11.5 Å². The van der Waals surface area contributed by atoms with Gasteiger partial charge in [-0.15, -0.1) is 23.5 Å². The molecular formula is C25H24F3NO3S3. The molecule has 35 heavy (non-hydrogen) atoms. The number of aliphatic hydroxyl groups excluding tert-OH is 1. The number of rotatable bonds is 12. The molecule has 0 saturated heterocycles. The summed E-state index contributed by atoms with van der Waals surface area (Å²) in [7, 11) is 0. The van der Waals surface area contributed by atoms with Crippen LogP contribution in [-0.4, -0.2) is 44.8 Å². The third-order valence-corrected chi connectivity index (χ3v) is 8.36. The number of pyridine rings is 1. The number of nitrogens with zero attached hydrogens (tertiary/aromatic N) is 1. The SMILES string of the molecule is O=C(O)CCSC(SCCCO)c1cccc(/C=C/c2ccc3ccc(SC(F)(F)F)cc3n2)c1. The first-order valence-corrected chi connectivity index (χ1v) is 13.7. The fourth-order valence-electron chi connectivity index (χ4n) is 3.14. The molecule has 0 aliphatic rings. The third-order valence-electron chi connectivity index (χ3n) is 4.70. The monoisotopic (exact) mass is 539 g/mol. The Hall–Kier alpha value is -2.14. The second-order valence-electron chi connectivity index (χ2n) is 7.44. The van der Waals surface area contributed by atoms with Crippen LogP contribution in [-0.2, 0) is 4.79 Å². The van der Waals surface area contributed by atoms with E-state index in [1.165, 1.54) is 12.1 Å². The summed E-state index contributed by atoms with van der Waals surface area (Å²) in [6.07, 6.45) is 4.45. The predicted molar refractivity (Wildman–Crippen MR) is 141 cm³/mol. The van der Waals surface area contributed by atoms with Gasteiger partial charge in [0.2, 0.25) is 0 Å². The van der Waals surface area contributed by atoms with Crippen LogP contribution >= 0.6 is 35.3 Å². The number of thioether (sulfide) groups is 3. The van der Waals surface area contributed by atoms with Gasteiger partial charge in [0.05, 0.1) is 22.2 Å². The van der Waals surface area contributed by atoms with Crippen molar-refractivity contribution in [2.24, 2.45) is 0 Å². The van der Waals surface area contributed by atoms with Crippen molar-refractivity contribution < 1.29 is 28.2 Å². The number of alkyl halides is 3. The zero-order chi connectivity index (χ0) is 25.3. The van der Waals surface area contributed by atoms with Crippen molar-refractivity contribution >= 4 is 64.3 Å². The molecule has 1 aromatic heterocycles. The minimum atomic E-state index is -4.35. The molecule has 0 aliphatic carbocycles. The number of hydrogen-bond acceptors (Lipinski definition) is 6. The topological polar surface area (TPSA) is 70.4 Å². The second-order valence-corrected chi connectivity index (χ2v) is 11.3. The van der Waals surface area contributed by atoms with E-state index in [0.29, 0.717) is 23.4 Å². The fourth-order valence-corrected chi connectivity index (χ4v) is 6.37. The lowest BCUT2D eigenvalue weighted by atomic mass is 10.1. The Kier molecular flexibility index (Phi) is 10.4. The van der Waals surface area contributed by atoms with Crippen molar-refractivity contribution in [2.75, 3.05) is 18.1 Å². The molecule has 0 bridgehead atoms.